The summed E-state index contributed by atoms with van der Waals surface area (Å²) >= 11 is 5.78. The van der Waals surface area contributed by atoms with Crippen LogP contribution in [0.15, 0.2) is 18.2 Å². The molecule has 1 fully saturated rings. The van der Waals surface area contributed by atoms with E-state index in [0.29, 0.717) is 0 Å². The van der Waals surface area contributed by atoms with E-state index in [1.807, 2.05) is 0 Å². The van der Waals surface area contributed by atoms with Gasteiger partial charge in [-0.1, -0.05) is 24.4 Å². The fraction of sp³-hybridized carbons (Fsp3) is 0.467. The lowest BCUT2D eigenvalue weighted by Gasteiger charge is -2.27. The topological polar surface area (TPSA) is 78.4 Å². The molecule has 5 nitrogen and oxygen atoms in total. The summed E-state index contributed by atoms with van der Waals surface area (Å²) in [6, 6.07) is 3.47. The predicted molar refractivity (Wildman–Crippen MR) is 81.0 cm³/mol. The summed E-state index contributed by atoms with van der Waals surface area (Å²) < 4.78 is 12.9. The minimum Gasteiger partial charge on any atom is -0.393 e. The van der Waals surface area contributed by atoms with Crippen molar-refractivity contribution in [2.45, 2.75) is 31.8 Å². The summed E-state index contributed by atoms with van der Waals surface area (Å²) in [5.74, 6) is -2.24. The summed E-state index contributed by atoms with van der Waals surface area (Å²) in [5, 5.41) is 14.7. The third kappa shape index (κ3) is 4.42. The normalized spacial score (nSPS) is 21.2. The molecule has 2 rings (SSSR count). The van der Waals surface area contributed by atoms with Crippen LogP contribution in [0.25, 0.3) is 0 Å². The van der Waals surface area contributed by atoms with Gasteiger partial charge in [0.2, 0.25) is 0 Å². The van der Waals surface area contributed by atoms with E-state index < -0.39 is 23.7 Å². The molecule has 1 aliphatic rings. The zero-order chi connectivity index (χ0) is 16.1. The molecule has 2 amide bonds. The Bertz CT molecular complexity index is 568. The highest BCUT2D eigenvalue weighted by molar-refractivity contribution is 6.41. The van der Waals surface area contributed by atoms with Gasteiger partial charge in [0.05, 0.1) is 16.8 Å². The maximum Gasteiger partial charge on any atom is 0.313 e. The van der Waals surface area contributed by atoms with Gasteiger partial charge in [0.25, 0.3) is 0 Å². The van der Waals surface area contributed by atoms with Gasteiger partial charge in [0, 0.05) is 12.5 Å². The molecule has 0 aromatic heterocycles. The highest BCUT2D eigenvalue weighted by atomic mass is 35.5. The molecule has 120 valence electrons. The van der Waals surface area contributed by atoms with Gasteiger partial charge >= 0.3 is 11.8 Å². The van der Waals surface area contributed by atoms with Crippen LogP contribution >= 0.6 is 11.6 Å². The molecule has 0 aliphatic heterocycles. The Labute approximate surface area is 132 Å². The van der Waals surface area contributed by atoms with E-state index in [1.165, 1.54) is 6.07 Å². The van der Waals surface area contributed by atoms with Gasteiger partial charge < -0.3 is 15.7 Å². The van der Waals surface area contributed by atoms with Crippen molar-refractivity contribution in [1.29, 1.82) is 0 Å². The second-order valence-electron chi connectivity index (χ2n) is 5.40. The summed E-state index contributed by atoms with van der Waals surface area (Å²) in [4.78, 5) is 23.5. The fourth-order valence-electron chi connectivity index (χ4n) is 2.50. The maximum atomic E-state index is 12.9. The summed E-state index contributed by atoms with van der Waals surface area (Å²) in [6.07, 6.45) is 3.10. The van der Waals surface area contributed by atoms with Crippen LogP contribution < -0.4 is 10.6 Å². The predicted octanol–water partition coefficient (Wildman–Crippen LogP) is 2.08. The van der Waals surface area contributed by atoms with Crippen molar-refractivity contribution in [1.82, 2.24) is 5.32 Å². The van der Waals surface area contributed by atoms with E-state index in [1.54, 1.807) is 0 Å². The van der Waals surface area contributed by atoms with E-state index in [4.69, 9.17) is 11.6 Å². The largest absolute Gasteiger partial charge is 0.393 e. The van der Waals surface area contributed by atoms with E-state index in [2.05, 4.69) is 10.6 Å². The van der Waals surface area contributed by atoms with Crippen molar-refractivity contribution in [3.8, 4) is 0 Å². The Morgan fingerprint density at radius 3 is 2.68 bits per heavy atom. The molecule has 1 aliphatic carbocycles. The number of halogens is 2. The molecule has 1 aromatic rings. The molecule has 1 saturated carbocycles. The van der Waals surface area contributed by atoms with Crippen LogP contribution in [0.2, 0.25) is 5.02 Å². The van der Waals surface area contributed by atoms with Crippen LogP contribution in [0.1, 0.15) is 25.7 Å². The Morgan fingerprint density at radius 1 is 1.27 bits per heavy atom. The number of carbonyl (C=O) groups is 2. The number of rotatable bonds is 3. The van der Waals surface area contributed by atoms with Gasteiger partial charge in [-0.3, -0.25) is 9.59 Å². The summed E-state index contributed by atoms with van der Waals surface area (Å²) in [6.45, 7) is 0.255. The Balaban J connectivity index is 1.85. The number of benzene rings is 1. The Kier molecular flexibility index (Phi) is 5.74. The van der Waals surface area contributed by atoms with E-state index in [-0.39, 0.29) is 23.2 Å². The van der Waals surface area contributed by atoms with Crippen LogP contribution in [-0.4, -0.2) is 29.6 Å². The number of hydrogen-bond donors (Lipinski definition) is 3. The number of carbonyl (C=O) groups excluding carboxylic acids is 2. The highest BCUT2D eigenvalue weighted by Crippen LogP contribution is 2.24. The zero-order valence-corrected chi connectivity index (χ0v) is 12.7. The first-order valence-corrected chi connectivity index (χ1v) is 7.57. The van der Waals surface area contributed by atoms with Gasteiger partial charge in [0.1, 0.15) is 5.82 Å². The molecular formula is C15H18ClFN2O3. The average Bonchev–Trinajstić information content (AvgIpc) is 2.49. The molecule has 0 radical (unpaired) electrons. The van der Waals surface area contributed by atoms with Crippen molar-refractivity contribution < 1.29 is 19.1 Å². The maximum absolute atomic E-state index is 12.9. The van der Waals surface area contributed by atoms with Crippen LogP contribution in [0.4, 0.5) is 10.1 Å². The fourth-order valence-corrected chi connectivity index (χ4v) is 2.71. The summed E-state index contributed by atoms with van der Waals surface area (Å²) in [7, 11) is 0. The lowest BCUT2D eigenvalue weighted by molar-refractivity contribution is -0.136. The third-order valence-corrected chi connectivity index (χ3v) is 4.09. The van der Waals surface area contributed by atoms with Crippen LogP contribution in [-0.2, 0) is 9.59 Å². The van der Waals surface area contributed by atoms with E-state index >= 15 is 0 Å². The highest BCUT2D eigenvalue weighted by Gasteiger charge is 2.24. The number of aliphatic hydroxyl groups excluding tert-OH is 1. The molecule has 7 heteroatoms. The SMILES string of the molecule is O=C(NC[C@H]1CCCC[C@H]1O)C(=O)Nc1ccc(F)cc1Cl. The van der Waals surface area contributed by atoms with Crippen molar-refractivity contribution in [2.75, 3.05) is 11.9 Å². The van der Waals surface area contributed by atoms with Gasteiger partial charge in [0.15, 0.2) is 0 Å². The third-order valence-electron chi connectivity index (χ3n) is 3.78. The smallest absolute Gasteiger partial charge is 0.313 e. The average molecular weight is 329 g/mol. The van der Waals surface area contributed by atoms with Gasteiger partial charge in [-0.05, 0) is 31.0 Å². The van der Waals surface area contributed by atoms with E-state index in [9.17, 15) is 19.1 Å². The molecule has 0 heterocycles. The first-order chi connectivity index (χ1) is 10.5. The molecular weight excluding hydrogens is 311 g/mol. The van der Waals surface area contributed by atoms with Gasteiger partial charge in [-0.25, -0.2) is 4.39 Å². The molecule has 0 saturated heterocycles. The van der Waals surface area contributed by atoms with Crippen molar-refractivity contribution in [3.05, 3.63) is 29.0 Å². The lowest BCUT2D eigenvalue weighted by Crippen LogP contribution is -2.41. The van der Waals surface area contributed by atoms with Gasteiger partial charge in [-0.2, -0.15) is 0 Å². The van der Waals surface area contributed by atoms with Crippen LogP contribution in [0.3, 0.4) is 0 Å². The van der Waals surface area contributed by atoms with Crippen molar-refractivity contribution in [3.63, 3.8) is 0 Å². The van der Waals surface area contributed by atoms with Crippen LogP contribution in [0, 0.1) is 11.7 Å². The quantitative estimate of drug-likeness (QED) is 0.743. The Morgan fingerprint density at radius 2 is 2.00 bits per heavy atom. The standard InChI is InChI=1S/C15H18ClFN2O3/c16-11-7-10(17)5-6-12(11)19-15(22)14(21)18-8-9-3-1-2-4-13(9)20/h5-7,9,13,20H,1-4,8H2,(H,18,21)(H,19,22)/t9-,13-/m1/s1. The zero-order valence-electron chi connectivity index (χ0n) is 11.9. The second kappa shape index (κ2) is 7.56. The molecule has 2 atom stereocenters. The second-order valence-corrected chi connectivity index (χ2v) is 5.81. The number of amides is 2. The number of hydrogen-bond acceptors (Lipinski definition) is 3. The first-order valence-electron chi connectivity index (χ1n) is 7.19. The molecule has 0 bridgehead atoms. The molecule has 0 unspecified atom stereocenters. The van der Waals surface area contributed by atoms with Crippen molar-refractivity contribution >= 4 is 29.1 Å². The minimum absolute atomic E-state index is 0.0175. The Hall–Kier alpha value is -1.66. The molecule has 1 aromatic carbocycles. The number of nitrogens with one attached hydrogen (secondary N) is 2. The van der Waals surface area contributed by atoms with Crippen LogP contribution in [0.5, 0.6) is 0 Å². The first kappa shape index (κ1) is 16.7. The lowest BCUT2D eigenvalue weighted by atomic mass is 9.86. The van der Waals surface area contributed by atoms with Crippen molar-refractivity contribution in [2.24, 2.45) is 5.92 Å². The van der Waals surface area contributed by atoms with Gasteiger partial charge in [-0.15, -0.1) is 0 Å². The summed E-state index contributed by atoms with van der Waals surface area (Å²) in [5.41, 5.74) is 0.168. The number of anilines is 1. The molecule has 22 heavy (non-hydrogen) atoms. The minimum atomic E-state index is -0.876. The molecule has 0 spiro atoms. The monoisotopic (exact) mass is 328 g/mol. The molecule has 3 N–H and O–H groups in total. The number of aliphatic hydroxyl groups is 1. The van der Waals surface area contributed by atoms with E-state index in [0.717, 1.165) is 37.8 Å².